The first-order chi connectivity index (χ1) is 7.16. The summed E-state index contributed by atoms with van der Waals surface area (Å²) in [7, 11) is 0. The van der Waals surface area contributed by atoms with Gasteiger partial charge >= 0.3 is 6.03 Å². The second-order valence-corrected chi connectivity index (χ2v) is 3.92. The highest BCUT2D eigenvalue weighted by Gasteiger charge is 2.13. The van der Waals surface area contributed by atoms with E-state index < -0.39 is 6.03 Å². The summed E-state index contributed by atoms with van der Waals surface area (Å²) in [4.78, 5) is 10.8. The standard InChI is InChI=1S/C10H12N2O2S/c11-10(13)12(15)6-7-1-2-9-8(5-7)3-4-14-9/h1-2,5,15H,3-4,6H2,(H2,11,13). The number of carbonyl (C=O) groups is 1. The number of primary amides is 1. The van der Waals surface area contributed by atoms with Crippen LogP contribution in [0.1, 0.15) is 11.1 Å². The number of hydrogen-bond acceptors (Lipinski definition) is 3. The molecule has 2 N–H and O–H groups in total. The van der Waals surface area contributed by atoms with Crippen LogP contribution in [0.2, 0.25) is 0 Å². The molecule has 1 aliphatic heterocycles. The first-order valence-electron chi connectivity index (χ1n) is 4.67. The molecule has 0 saturated carbocycles. The van der Waals surface area contributed by atoms with Crippen molar-refractivity contribution in [2.45, 2.75) is 13.0 Å². The molecule has 0 radical (unpaired) electrons. The number of hydrogen-bond donors (Lipinski definition) is 2. The summed E-state index contributed by atoms with van der Waals surface area (Å²) in [5, 5.41) is 0. The van der Waals surface area contributed by atoms with Crippen LogP contribution in [-0.2, 0) is 13.0 Å². The first-order valence-corrected chi connectivity index (χ1v) is 5.07. The molecule has 0 unspecified atom stereocenters. The maximum atomic E-state index is 10.8. The molecule has 0 atom stereocenters. The lowest BCUT2D eigenvalue weighted by atomic mass is 10.1. The fourth-order valence-corrected chi connectivity index (χ4v) is 1.75. The van der Waals surface area contributed by atoms with Gasteiger partial charge in [-0.2, -0.15) is 0 Å². The highest BCUT2D eigenvalue weighted by atomic mass is 32.1. The van der Waals surface area contributed by atoms with Gasteiger partial charge in [0.1, 0.15) is 5.75 Å². The molecule has 0 aliphatic carbocycles. The largest absolute Gasteiger partial charge is 0.493 e. The zero-order chi connectivity index (χ0) is 10.8. The Hall–Kier alpha value is -1.36. The highest BCUT2D eigenvalue weighted by molar-refractivity contribution is 7.78. The predicted molar refractivity (Wildman–Crippen MR) is 59.8 cm³/mol. The second-order valence-electron chi connectivity index (χ2n) is 3.44. The Labute approximate surface area is 93.6 Å². The molecule has 1 aromatic carbocycles. The number of urea groups is 1. The number of benzene rings is 1. The number of nitrogens with zero attached hydrogens (tertiary/aromatic N) is 1. The second kappa shape index (κ2) is 4.02. The van der Waals surface area contributed by atoms with Crippen LogP contribution in [0.15, 0.2) is 18.2 Å². The number of nitrogens with two attached hydrogens (primary N) is 1. The Morgan fingerprint density at radius 3 is 3.13 bits per heavy atom. The van der Waals surface area contributed by atoms with Crippen molar-refractivity contribution in [2.24, 2.45) is 5.73 Å². The number of carbonyl (C=O) groups excluding carboxylic acids is 1. The summed E-state index contributed by atoms with van der Waals surface area (Å²) in [6, 6.07) is 5.31. The van der Waals surface area contributed by atoms with Gasteiger partial charge in [-0.3, -0.25) is 4.31 Å². The maximum absolute atomic E-state index is 10.8. The lowest BCUT2D eigenvalue weighted by molar-refractivity contribution is 0.234. The minimum absolute atomic E-state index is 0.408. The molecule has 0 saturated heterocycles. The van der Waals surface area contributed by atoms with E-state index in [0.717, 1.165) is 24.3 Å². The topological polar surface area (TPSA) is 55.6 Å². The van der Waals surface area contributed by atoms with Crippen LogP contribution >= 0.6 is 12.8 Å². The van der Waals surface area contributed by atoms with Crippen molar-refractivity contribution in [2.75, 3.05) is 6.61 Å². The van der Waals surface area contributed by atoms with Crippen molar-refractivity contribution in [1.29, 1.82) is 0 Å². The van der Waals surface area contributed by atoms with Crippen molar-refractivity contribution in [3.8, 4) is 5.75 Å². The van der Waals surface area contributed by atoms with Crippen LogP contribution in [0.4, 0.5) is 4.79 Å². The minimum atomic E-state index is -0.546. The molecular formula is C10H12N2O2S. The molecule has 1 heterocycles. The summed E-state index contributed by atoms with van der Waals surface area (Å²) < 4.78 is 6.56. The Bertz CT molecular complexity index is 395. The van der Waals surface area contributed by atoms with Crippen molar-refractivity contribution >= 4 is 18.8 Å². The number of fused-ring (bicyclic) bond motifs is 1. The van der Waals surface area contributed by atoms with E-state index in [-0.39, 0.29) is 0 Å². The van der Waals surface area contributed by atoms with Crippen molar-refractivity contribution in [3.05, 3.63) is 29.3 Å². The van der Waals surface area contributed by atoms with Gasteiger partial charge in [0.2, 0.25) is 0 Å². The molecule has 2 rings (SSSR count). The molecule has 2 amide bonds. The third kappa shape index (κ3) is 2.18. The third-order valence-electron chi connectivity index (χ3n) is 2.34. The zero-order valence-corrected chi connectivity index (χ0v) is 9.04. The van der Waals surface area contributed by atoms with E-state index in [4.69, 9.17) is 10.5 Å². The van der Waals surface area contributed by atoms with Gasteiger partial charge in [0.15, 0.2) is 0 Å². The fourth-order valence-electron chi connectivity index (χ4n) is 1.59. The number of ether oxygens (including phenoxy) is 1. The summed E-state index contributed by atoms with van der Waals surface area (Å²) >= 11 is 3.97. The normalized spacial score (nSPS) is 13.1. The smallest absolute Gasteiger partial charge is 0.324 e. The van der Waals surface area contributed by atoms with Gasteiger partial charge in [-0.25, -0.2) is 4.79 Å². The van der Waals surface area contributed by atoms with Gasteiger partial charge in [-0.05, 0) is 17.2 Å². The highest BCUT2D eigenvalue weighted by Crippen LogP contribution is 2.26. The van der Waals surface area contributed by atoms with Crippen LogP contribution < -0.4 is 10.5 Å². The van der Waals surface area contributed by atoms with Crippen molar-refractivity contribution in [1.82, 2.24) is 4.31 Å². The Morgan fingerprint density at radius 1 is 1.60 bits per heavy atom. The van der Waals surface area contributed by atoms with E-state index in [1.165, 1.54) is 9.87 Å². The van der Waals surface area contributed by atoms with Crippen LogP contribution in [0.5, 0.6) is 5.75 Å². The maximum Gasteiger partial charge on any atom is 0.324 e. The van der Waals surface area contributed by atoms with E-state index in [1.807, 2.05) is 18.2 Å². The Morgan fingerprint density at radius 2 is 2.40 bits per heavy atom. The zero-order valence-electron chi connectivity index (χ0n) is 8.14. The summed E-state index contributed by atoms with van der Waals surface area (Å²) in [5.41, 5.74) is 7.27. The van der Waals surface area contributed by atoms with E-state index >= 15 is 0 Å². The lowest BCUT2D eigenvalue weighted by Gasteiger charge is -2.12. The first kappa shape index (κ1) is 10.2. The molecule has 0 bridgehead atoms. The monoisotopic (exact) mass is 224 g/mol. The van der Waals surface area contributed by atoms with Crippen LogP contribution in [0.25, 0.3) is 0 Å². The number of rotatable bonds is 2. The Kier molecular flexibility index (Phi) is 2.73. The average molecular weight is 224 g/mol. The van der Waals surface area contributed by atoms with E-state index in [9.17, 15) is 4.79 Å². The van der Waals surface area contributed by atoms with Gasteiger partial charge in [-0.15, -0.1) is 0 Å². The van der Waals surface area contributed by atoms with E-state index in [0.29, 0.717) is 6.54 Å². The number of thiol groups is 1. The molecule has 1 aromatic rings. The Balaban J connectivity index is 2.13. The molecule has 15 heavy (non-hydrogen) atoms. The SMILES string of the molecule is NC(=O)N(S)Cc1ccc2c(c1)CCO2. The molecular weight excluding hydrogens is 212 g/mol. The van der Waals surface area contributed by atoms with Gasteiger partial charge in [0.25, 0.3) is 0 Å². The predicted octanol–water partition coefficient (Wildman–Crippen LogP) is 1.35. The minimum Gasteiger partial charge on any atom is -0.493 e. The average Bonchev–Trinajstić information content (AvgIpc) is 2.64. The van der Waals surface area contributed by atoms with Gasteiger partial charge < -0.3 is 10.5 Å². The molecule has 5 heteroatoms. The molecule has 0 fully saturated rings. The summed E-state index contributed by atoms with van der Waals surface area (Å²) in [6.07, 6.45) is 0.923. The van der Waals surface area contributed by atoms with E-state index in [2.05, 4.69) is 12.8 Å². The molecule has 4 nitrogen and oxygen atoms in total. The van der Waals surface area contributed by atoms with Gasteiger partial charge in [-0.1, -0.05) is 24.9 Å². The molecule has 1 aliphatic rings. The van der Waals surface area contributed by atoms with E-state index in [1.54, 1.807) is 0 Å². The summed E-state index contributed by atoms with van der Waals surface area (Å²) in [5.74, 6) is 0.934. The van der Waals surface area contributed by atoms with Crippen LogP contribution in [0, 0.1) is 0 Å². The van der Waals surface area contributed by atoms with Crippen molar-refractivity contribution in [3.63, 3.8) is 0 Å². The van der Waals surface area contributed by atoms with Gasteiger partial charge in [0.05, 0.1) is 13.2 Å². The van der Waals surface area contributed by atoms with Crippen molar-refractivity contribution < 1.29 is 9.53 Å². The quantitative estimate of drug-likeness (QED) is 0.745. The van der Waals surface area contributed by atoms with Crippen LogP contribution in [0.3, 0.4) is 0 Å². The lowest BCUT2D eigenvalue weighted by Crippen LogP contribution is -2.27. The summed E-state index contributed by atoms with van der Waals surface area (Å²) in [6.45, 7) is 1.14. The van der Waals surface area contributed by atoms with Crippen LogP contribution in [-0.4, -0.2) is 16.9 Å². The fraction of sp³-hybridized carbons (Fsp3) is 0.300. The number of amides is 2. The van der Waals surface area contributed by atoms with Gasteiger partial charge in [0, 0.05) is 6.42 Å². The molecule has 0 aromatic heterocycles. The molecule has 0 spiro atoms. The third-order valence-corrected chi connectivity index (χ3v) is 2.68. The molecule has 80 valence electrons.